The first-order valence-corrected chi connectivity index (χ1v) is 11.1. The maximum absolute atomic E-state index is 12.5. The van der Waals surface area contributed by atoms with Crippen molar-refractivity contribution in [1.82, 2.24) is 28.9 Å². The molecule has 2 aromatic heterocycles. The van der Waals surface area contributed by atoms with Crippen LogP contribution in [0.4, 0.5) is 0 Å². The molecule has 2 fully saturated rings. The Bertz CT molecular complexity index is 982. The molecule has 2 aromatic rings. The van der Waals surface area contributed by atoms with E-state index in [9.17, 15) is 13.2 Å². The third-order valence-corrected chi connectivity index (χ3v) is 7.76. The van der Waals surface area contributed by atoms with Crippen molar-refractivity contribution < 1.29 is 13.2 Å². The van der Waals surface area contributed by atoms with Crippen molar-refractivity contribution in [2.75, 3.05) is 40.3 Å². The minimum Gasteiger partial charge on any atom is -0.349 e. The molecule has 3 heterocycles. The molecule has 1 atom stereocenters. The van der Waals surface area contributed by atoms with Crippen molar-refractivity contribution in [2.24, 2.45) is 0 Å². The highest BCUT2D eigenvalue weighted by Gasteiger charge is 2.43. The summed E-state index contributed by atoms with van der Waals surface area (Å²) in [5.41, 5.74) is 1.74. The van der Waals surface area contributed by atoms with Crippen LogP contribution in [0, 0.1) is 0 Å². The fourth-order valence-electron chi connectivity index (χ4n) is 3.67. The number of nitrogens with one attached hydrogen (secondary N) is 1. The predicted molar refractivity (Wildman–Crippen MR) is 105 cm³/mol. The Morgan fingerprint density at radius 1 is 1.29 bits per heavy atom. The second-order valence-electron chi connectivity index (χ2n) is 7.80. The van der Waals surface area contributed by atoms with Gasteiger partial charge in [-0.1, -0.05) is 0 Å². The first kappa shape index (κ1) is 19.3. The lowest BCUT2D eigenvalue weighted by Gasteiger charge is -2.16. The lowest BCUT2D eigenvalue weighted by atomic mass is 10.0. The van der Waals surface area contributed by atoms with Crippen molar-refractivity contribution in [2.45, 2.75) is 30.4 Å². The molecule has 152 valence electrons. The minimum absolute atomic E-state index is 0.0675. The molecule has 0 aromatic carbocycles. The number of nitrogens with zero attached hydrogens (tertiary/aromatic N) is 5. The van der Waals surface area contributed by atoms with Crippen LogP contribution in [0.1, 0.15) is 41.4 Å². The van der Waals surface area contributed by atoms with E-state index >= 15 is 0 Å². The summed E-state index contributed by atoms with van der Waals surface area (Å²) in [6.45, 7) is 2.28. The maximum atomic E-state index is 12.5. The summed E-state index contributed by atoms with van der Waals surface area (Å²) in [6.07, 6.45) is 5.58. The summed E-state index contributed by atoms with van der Waals surface area (Å²) >= 11 is 0. The van der Waals surface area contributed by atoms with Crippen molar-refractivity contribution in [3.05, 3.63) is 30.0 Å². The standard InChI is InChI=1S/C18H26N6O3S/c1-22(2)10-8-20-18(25)16-17-19-7-5-15(24(17)12-21-16)13-6-9-23(11-13)28(26,27)14-3-4-14/h5,7,12-14H,3-4,6,8-11H2,1-2H3,(H,20,25)/t13-/m0/s1. The normalized spacial score (nSPS) is 20.9. The first-order chi connectivity index (χ1) is 13.4. The number of amides is 1. The molecule has 1 N–H and O–H groups in total. The summed E-state index contributed by atoms with van der Waals surface area (Å²) in [7, 11) is 0.729. The van der Waals surface area contributed by atoms with Gasteiger partial charge in [0.15, 0.2) is 11.3 Å². The Hall–Kier alpha value is -2.04. The van der Waals surface area contributed by atoms with E-state index in [0.29, 0.717) is 31.0 Å². The quantitative estimate of drug-likeness (QED) is 0.710. The number of sulfonamides is 1. The number of fused-ring (bicyclic) bond motifs is 1. The molecule has 0 radical (unpaired) electrons. The Morgan fingerprint density at radius 3 is 2.79 bits per heavy atom. The maximum Gasteiger partial charge on any atom is 0.273 e. The number of carbonyl (C=O) groups excluding carboxylic acids is 1. The van der Waals surface area contributed by atoms with Gasteiger partial charge in [0, 0.05) is 44.0 Å². The number of likely N-dealkylation sites (N-methyl/N-ethyl adjacent to an activating group) is 1. The van der Waals surface area contributed by atoms with E-state index in [1.807, 2.05) is 29.5 Å². The van der Waals surface area contributed by atoms with Crippen molar-refractivity contribution in [3.8, 4) is 0 Å². The highest BCUT2D eigenvalue weighted by atomic mass is 32.2. The van der Waals surface area contributed by atoms with Crippen LogP contribution in [0.2, 0.25) is 0 Å². The third kappa shape index (κ3) is 3.63. The van der Waals surface area contributed by atoms with Gasteiger partial charge in [0.25, 0.3) is 5.91 Å². The summed E-state index contributed by atoms with van der Waals surface area (Å²) in [4.78, 5) is 23.1. The molecule has 1 amide bonds. The van der Waals surface area contributed by atoms with E-state index in [1.165, 1.54) is 0 Å². The zero-order valence-corrected chi connectivity index (χ0v) is 17.0. The number of rotatable bonds is 7. The number of hydrogen-bond donors (Lipinski definition) is 1. The van der Waals surface area contributed by atoms with Crippen LogP contribution in [0.25, 0.3) is 5.65 Å². The van der Waals surface area contributed by atoms with Crippen LogP contribution < -0.4 is 5.32 Å². The van der Waals surface area contributed by atoms with E-state index in [4.69, 9.17) is 0 Å². The Labute approximate surface area is 164 Å². The summed E-state index contributed by atoms with van der Waals surface area (Å²) in [5, 5.41) is 2.67. The molecule has 10 heteroatoms. The highest BCUT2D eigenvalue weighted by molar-refractivity contribution is 7.90. The van der Waals surface area contributed by atoms with Gasteiger partial charge >= 0.3 is 0 Å². The van der Waals surface area contributed by atoms with E-state index < -0.39 is 10.0 Å². The van der Waals surface area contributed by atoms with Gasteiger partial charge in [-0.2, -0.15) is 0 Å². The molecule has 0 unspecified atom stereocenters. The van der Waals surface area contributed by atoms with Crippen LogP contribution in [-0.4, -0.2) is 83.4 Å². The molecular weight excluding hydrogens is 380 g/mol. The second-order valence-corrected chi connectivity index (χ2v) is 10.0. The average Bonchev–Trinajstić information content (AvgIpc) is 3.24. The number of carbonyl (C=O) groups is 1. The van der Waals surface area contributed by atoms with Crippen molar-refractivity contribution in [3.63, 3.8) is 0 Å². The van der Waals surface area contributed by atoms with E-state index in [2.05, 4.69) is 15.3 Å². The third-order valence-electron chi connectivity index (χ3n) is 5.40. The topological polar surface area (TPSA) is 99.9 Å². The average molecular weight is 407 g/mol. The van der Waals surface area contributed by atoms with Gasteiger partial charge in [-0.05, 0) is 39.4 Å². The summed E-state index contributed by atoms with van der Waals surface area (Å²) in [6, 6.07) is 1.89. The smallest absolute Gasteiger partial charge is 0.273 e. The van der Waals surface area contributed by atoms with Crippen molar-refractivity contribution in [1.29, 1.82) is 0 Å². The molecule has 1 aliphatic heterocycles. The Balaban J connectivity index is 1.53. The van der Waals surface area contributed by atoms with Crippen LogP contribution in [0.5, 0.6) is 0 Å². The van der Waals surface area contributed by atoms with E-state index in [-0.39, 0.29) is 17.1 Å². The van der Waals surface area contributed by atoms with Crippen LogP contribution in [-0.2, 0) is 10.0 Å². The molecule has 0 bridgehead atoms. The predicted octanol–water partition coefficient (Wildman–Crippen LogP) is 0.302. The van der Waals surface area contributed by atoms with Gasteiger partial charge in [-0.3, -0.25) is 9.20 Å². The van der Waals surface area contributed by atoms with Gasteiger partial charge in [0.1, 0.15) is 6.33 Å². The lowest BCUT2D eigenvalue weighted by molar-refractivity contribution is 0.0948. The van der Waals surface area contributed by atoms with E-state index in [0.717, 1.165) is 31.5 Å². The largest absolute Gasteiger partial charge is 0.349 e. The van der Waals surface area contributed by atoms with Gasteiger partial charge in [0.05, 0.1) is 5.25 Å². The lowest BCUT2D eigenvalue weighted by Crippen LogP contribution is -2.32. The summed E-state index contributed by atoms with van der Waals surface area (Å²) in [5.74, 6) is -0.184. The monoisotopic (exact) mass is 406 g/mol. The zero-order valence-electron chi connectivity index (χ0n) is 16.2. The number of imidazole rings is 1. The van der Waals surface area contributed by atoms with Crippen molar-refractivity contribution >= 4 is 21.6 Å². The molecule has 9 nitrogen and oxygen atoms in total. The SMILES string of the molecule is CN(C)CCNC(=O)c1ncn2c([C@H]3CCN(S(=O)(=O)C4CC4)C3)ccnc12. The first-order valence-electron chi connectivity index (χ1n) is 9.62. The molecule has 2 aliphatic rings. The Kier molecular flexibility index (Phi) is 5.11. The zero-order chi connectivity index (χ0) is 19.9. The van der Waals surface area contributed by atoms with Crippen LogP contribution in [0.3, 0.4) is 0 Å². The molecule has 1 aliphatic carbocycles. The Morgan fingerprint density at radius 2 is 2.07 bits per heavy atom. The molecule has 28 heavy (non-hydrogen) atoms. The van der Waals surface area contributed by atoms with Crippen LogP contribution >= 0.6 is 0 Å². The van der Waals surface area contributed by atoms with Gasteiger partial charge in [0.2, 0.25) is 10.0 Å². The highest BCUT2D eigenvalue weighted by Crippen LogP contribution is 2.36. The molecule has 1 saturated heterocycles. The van der Waals surface area contributed by atoms with E-state index in [1.54, 1.807) is 16.8 Å². The number of aromatic nitrogens is 3. The molecule has 4 rings (SSSR count). The molecule has 1 saturated carbocycles. The molecule has 0 spiro atoms. The summed E-state index contributed by atoms with van der Waals surface area (Å²) < 4.78 is 28.5. The fraction of sp³-hybridized carbons (Fsp3) is 0.611. The molecular formula is C18H26N6O3S. The fourth-order valence-corrected chi connectivity index (χ4v) is 5.57. The second kappa shape index (κ2) is 7.41. The van der Waals surface area contributed by atoms with Gasteiger partial charge in [-0.15, -0.1) is 0 Å². The van der Waals surface area contributed by atoms with Gasteiger partial charge < -0.3 is 10.2 Å². The minimum atomic E-state index is -3.16. The van der Waals surface area contributed by atoms with Crippen LogP contribution in [0.15, 0.2) is 18.6 Å². The van der Waals surface area contributed by atoms with Gasteiger partial charge in [-0.25, -0.2) is 22.7 Å². The number of hydrogen-bond acceptors (Lipinski definition) is 6.